The van der Waals surface area contributed by atoms with Gasteiger partial charge in [-0.1, -0.05) is 0 Å². The van der Waals surface area contributed by atoms with Crippen molar-refractivity contribution in [1.29, 1.82) is 0 Å². The highest BCUT2D eigenvalue weighted by molar-refractivity contribution is 6.35. The molecule has 0 aromatic heterocycles. The van der Waals surface area contributed by atoms with Gasteiger partial charge in [-0.3, -0.25) is 14.4 Å². The van der Waals surface area contributed by atoms with E-state index in [0.29, 0.717) is 39.3 Å². The molecule has 1 atom stereocenters. The van der Waals surface area contributed by atoms with Gasteiger partial charge in [0.05, 0.1) is 12.6 Å². The van der Waals surface area contributed by atoms with E-state index in [1.807, 2.05) is 0 Å². The van der Waals surface area contributed by atoms with Gasteiger partial charge in [0.1, 0.15) is 6.54 Å². The fourth-order valence-electron chi connectivity index (χ4n) is 2.44. The highest BCUT2D eigenvalue weighted by atomic mass is 16.5. The third-order valence-corrected chi connectivity index (χ3v) is 3.48. The van der Waals surface area contributed by atoms with Crippen molar-refractivity contribution in [3.63, 3.8) is 0 Å². The average molecular weight is 284 g/mol. The lowest BCUT2D eigenvalue weighted by atomic mass is 10.1. The number of hydrogen-bond donors (Lipinski definition) is 2. The van der Waals surface area contributed by atoms with Crippen molar-refractivity contribution in [2.45, 2.75) is 6.04 Å². The summed E-state index contributed by atoms with van der Waals surface area (Å²) in [4.78, 5) is 38.5. The molecule has 1 unspecified atom stereocenters. The first kappa shape index (κ1) is 14.7. The molecular weight excluding hydrogens is 264 g/mol. The van der Waals surface area contributed by atoms with Crippen LogP contribution in [-0.2, 0) is 19.1 Å². The largest absolute Gasteiger partial charge is 0.383 e. The zero-order valence-electron chi connectivity index (χ0n) is 11.6. The Morgan fingerprint density at radius 2 is 2.25 bits per heavy atom. The van der Waals surface area contributed by atoms with Crippen LogP contribution in [0, 0.1) is 0 Å². The Bertz CT molecular complexity index is 401. The van der Waals surface area contributed by atoms with Gasteiger partial charge in [0.15, 0.2) is 0 Å². The van der Waals surface area contributed by atoms with Gasteiger partial charge in [0, 0.05) is 39.8 Å². The molecule has 8 heteroatoms. The molecule has 20 heavy (non-hydrogen) atoms. The second kappa shape index (κ2) is 6.67. The molecule has 2 heterocycles. The van der Waals surface area contributed by atoms with E-state index in [9.17, 15) is 14.4 Å². The molecule has 2 N–H and O–H groups in total. The second-order valence-corrected chi connectivity index (χ2v) is 4.88. The van der Waals surface area contributed by atoms with E-state index in [-0.39, 0.29) is 18.5 Å². The smallest absolute Gasteiger partial charge is 0.312 e. The Hall–Kier alpha value is -1.67. The van der Waals surface area contributed by atoms with Crippen molar-refractivity contribution in [2.24, 2.45) is 0 Å². The van der Waals surface area contributed by atoms with Crippen molar-refractivity contribution in [2.75, 3.05) is 53.0 Å². The van der Waals surface area contributed by atoms with Crippen molar-refractivity contribution < 1.29 is 19.1 Å². The van der Waals surface area contributed by atoms with Crippen molar-refractivity contribution >= 4 is 17.7 Å². The van der Waals surface area contributed by atoms with E-state index in [2.05, 4.69) is 10.6 Å². The molecule has 0 aliphatic carbocycles. The van der Waals surface area contributed by atoms with Crippen LogP contribution in [0.2, 0.25) is 0 Å². The van der Waals surface area contributed by atoms with Gasteiger partial charge in [-0.2, -0.15) is 0 Å². The fourth-order valence-corrected chi connectivity index (χ4v) is 2.44. The molecule has 0 bridgehead atoms. The highest BCUT2D eigenvalue weighted by Gasteiger charge is 2.40. The van der Waals surface area contributed by atoms with Crippen LogP contribution in [0.25, 0.3) is 0 Å². The Kier molecular flexibility index (Phi) is 4.91. The molecule has 0 saturated carbocycles. The van der Waals surface area contributed by atoms with Gasteiger partial charge in [-0.15, -0.1) is 0 Å². The summed E-state index contributed by atoms with van der Waals surface area (Å²) in [5.74, 6) is -1.38. The first-order chi connectivity index (χ1) is 9.63. The van der Waals surface area contributed by atoms with E-state index >= 15 is 0 Å². The number of fused-ring (bicyclic) bond motifs is 1. The van der Waals surface area contributed by atoms with Crippen LogP contribution >= 0.6 is 0 Å². The third kappa shape index (κ3) is 3.26. The molecule has 2 fully saturated rings. The number of nitrogens with one attached hydrogen (secondary N) is 2. The summed E-state index contributed by atoms with van der Waals surface area (Å²) in [7, 11) is 1.55. The van der Waals surface area contributed by atoms with Gasteiger partial charge in [-0.25, -0.2) is 0 Å². The SMILES string of the molecule is COCCNC(=O)CN1CC2CNCCN2C(=O)C1=O. The van der Waals surface area contributed by atoms with Gasteiger partial charge in [0.2, 0.25) is 5.91 Å². The average Bonchev–Trinajstić information content (AvgIpc) is 2.45. The van der Waals surface area contributed by atoms with E-state index in [0.717, 1.165) is 0 Å². The summed E-state index contributed by atoms with van der Waals surface area (Å²) in [5, 5.41) is 5.83. The minimum Gasteiger partial charge on any atom is -0.383 e. The predicted molar refractivity (Wildman–Crippen MR) is 69.8 cm³/mol. The van der Waals surface area contributed by atoms with Crippen LogP contribution in [0.15, 0.2) is 0 Å². The molecule has 8 nitrogen and oxygen atoms in total. The number of hydrogen-bond acceptors (Lipinski definition) is 5. The van der Waals surface area contributed by atoms with Crippen LogP contribution < -0.4 is 10.6 Å². The molecule has 112 valence electrons. The second-order valence-electron chi connectivity index (χ2n) is 4.88. The summed E-state index contributed by atoms with van der Waals surface area (Å²) >= 11 is 0. The molecule has 2 rings (SSSR count). The highest BCUT2D eigenvalue weighted by Crippen LogP contribution is 2.13. The number of carbonyl (C=O) groups excluding carboxylic acids is 3. The Balaban J connectivity index is 1.89. The summed E-state index contributed by atoms with van der Waals surface area (Å²) < 4.78 is 4.83. The number of methoxy groups -OCH3 is 1. The zero-order valence-corrected chi connectivity index (χ0v) is 11.6. The number of ether oxygens (including phenoxy) is 1. The molecule has 2 aliphatic heterocycles. The van der Waals surface area contributed by atoms with Gasteiger partial charge in [0.25, 0.3) is 0 Å². The van der Waals surface area contributed by atoms with Crippen molar-refractivity contribution in [3.05, 3.63) is 0 Å². The summed E-state index contributed by atoms with van der Waals surface area (Å²) in [6, 6.07) is -0.0410. The lowest BCUT2D eigenvalue weighted by molar-refractivity contribution is -0.160. The summed E-state index contributed by atoms with van der Waals surface area (Å²) in [6.07, 6.45) is 0. The molecule has 3 amide bonds. The first-order valence-electron chi connectivity index (χ1n) is 6.69. The third-order valence-electron chi connectivity index (χ3n) is 3.48. The maximum atomic E-state index is 12.0. The van der Waals surface area contributed by atoms with Crippen molar-refractivity contribution in [3.8, 4) is 0 Å². The van der Waals surface area contributed by atoms with E-state index in [1.54, 1.807) is 12.0 Å². The minimum absolute atomic E-state index is 0.0410. The van der Waals surface area contributed by atoms with E-state index < -0.39 is 11.8 Å². The van der Waals surface area contributed by atoms with Crippen LogP contribution in [0.1, 0.15) is 0 Å². The number of piperazine rings is 2. The van der Waals surface area contributed by atoms with Crippen LogP contribution in [0.3, 0.4) is 0 Å². The van der Waals surface area contributed by atoms with Gasteiger partial charge < -0.3 is 25.2 Å². The molecule has 2 aliphatic rings. The van der Waals surface area contributed by atoms with Gasteiger partial charge in [-0.05, 0) is 0 Å². The fraction of sp³-hybridized carbons (Fsp3) is 0.750. The lowest BCUT2D eigenvalue weighted by Gasteiger charge is -2.43. The maximum absolute atomic E-state index is 12.0. The number of amides is 3. The normalized spacial score (nSPS) is 22.8. The monoisotopic (exact) mass is 284 g/mol. The van der Waals surface area contributed by atoms with E-state index in [1.165, 1.54) is 4.90 Å². The van der Waals surface area contributed by atoms with E-state index in [4.69, 9.17) is 4.74 Å². The predicted octanol–water partition coefficient (Wildman–Crippen LogP) is -2.61. The van der Waals surface area contributed by atoms with Crippen LogP contribution in [0.4, 0.5) is 0 Å². The quantitative estimate of drug-likeness (QED) is 0.426. The van der Waals surface area contributed by atoms with Crippen molar-refractivity contribution in [1.82, 2.24) is 20.4 Å². The topological polar surface area (TPSA) is 91.0 Å². The number of nitrogens with zero attached hydrogens (tertiary/aromatic N) is 2. The number of carbonyl (C=O) groups is 3. The molecule has 2 saturated heterocycles. The Morgan fingerprint density at radius 3 is 3.00 bits per heavy atom. The first-order valence-corrected chi connectivity index (χ1v) is 6.69. The zero-order chi connectivity index (χ0) is 14.5. The summed E-state index contributed by atoms with van der Waals surface area (Å²) in [6.45, 7) is 3.02. The summed E-state index contributed by atoms with van der Waals surface area (Å²) in [5.41, 5.74) is 0. The molecule has 0 radical (unpaired) electrons. The standard InChI is InChI=1S/C12H20N4O4/c1-20-5-3-14-10(17)8-15-7-9-6-13-2-4-16(9)12(19)11(15)18/h9,13H,2-8H2,1H3,(H,14,17). The lowest BCUT2D eigenvalue weighted by Crippen LogP contribution is -2.66. The molecule has 0 aromatic rings. The van der Waals surface area contributed by atoms with Crippen LogP contribution in [-0.4, -0.2) is 86.5 Å². The van der Waals surface area contributed by atoms with Crippen LogP contribution in [0.5, 0.6) is 0 Å². The molecule has 0 aromatic carbocycles. The molecular formula is C12H20N4O4. The Labute approximate surface area is 117 Å². The minimum atomic E-state index is -0.593. The van der Waals surface area contributed by atoms with Gasteiger partial charge >= 0.3 is 11.8 Å². The molecule has 0 spiro atoms. The maximum Gasteiger partial charge on any atom is 0.312 e. The Morgan fingerprint density at radius 1 is 1.45 bits per heavy atom. The number of rotatable bonds is 5.